The van der Waals surface area contributed by atoms with Crippen LogP contribution < -0.4 is 0 Å². The van der Waals surface area contributed by atoms with E-state index in [0.717, 1.165) is 12.0 Å². The smallest absolute Gasteiger partial charge is 0.310 e. The molecule has 4 atom stereocenters. The molecular weight excluding hydrogens is 329 g/mol. The Balaban J connectivity index is 1.49. The number of fused-ring (bicyclic) bond motifs is 1. The molecule has 2 heterocycles. The number of carbonyl (C=O) groups excluding carboxylic acids is 1. The van der Waals surface area contributed by atoms with Crippen molar-refractivity contribution in [2.24, 2.45) is 5.92 Å². The van der Waals surface area contributed by atoms with Gasteiger partial charge in [0.05, 0.1) is 18.6 Å². The molecule has 4 rings (SSSR count). The predicted octanol–water partition coefficient (Wildman–Crippen LogP) is 3.33. The van der Waals surface area contributed by atoms with Crippen LogP contribution in [0.25, 0.3) is 0 Å². The van der Waals surface area contributed by atoms with Gasteiger partial charge >= 0.3 is 5.97 Å². The van der Waals surface area contributed by atoms with E-state index < -0.39 is 6.17 Å². The van der Waals surface area contributed by atoms with E-state index in [1.54, 1.807) is 11.6 Å². The van der Waals surface area contributed by atoms with Gasteiger partial charge in [0.25, 0.3) is 0 Å². The van der Waals surface area contributed by atoms with Gasteiger partial charge in [0.2, 0.25) is 5.16 Å². The van der Waals surface area contributed by atoms with Crippen molar-refractivity contribution >= 4 is 17.7 Å². The molecule has 126 valence electrons. The number of benzene rings is 1. The Morgan fingerprint density at radius 2 is 2.17 bits per heavy atom. The number of halogens is 1. The second-order valence-corrected chi connectivity index (χ2v) is 7.28. The molecule has 1 aromatic carbocycles. The molecule has 0 saturated heterocycles. The molecule has 0 bridgehead atoms. The van der Waals surface area contributed by atoms with Crippen LogP contribution in [0.4, 0.5) is 4.39 Å². The maximum Gasteiger partial charge on any atom is 0.310 e. The fourth-order valence-corrected chi connectivity index (χ4v) is 4.23. The first-order valence-electron chi connectivity index (χ1n) is 8.16. The average molecular weight is 347 g/mol. The average Bonchev–Trinajstić information content (AvgIpc) is 3.12. The number of ether oxygens (including phenoxy) is 1. The van der Waals surface area contributed by atoms with Gasteiger partial charge in [-0.1, -0.05) is 42.1 Å². The second kappa shape index (κ2) is 6.20. The SMILES string of the molecule is CCOC(=O)[C@@H]1C[C@@H]1Sc1nc2n(n1)[C@H](c1ccccc1)C[C@@H]2F. The molecule has 5 nitrogen and oxygen atoms in total. The molecule has 7 heteroatoms. The molecule has 0 amide bonds. The first kappa shape index (κ1) is 15.6. The molecule has 0 radical (unpaired) electrons. The molecule has 1 aliphatic carbocycles. The summed E-state index contributed by atoms with van der Waals surface area (Å²) in [6, 6.07) is 9.69. The Hall–Kier alpha value is -1.89. The summed E-state index contributed by atoms with van der Waals surface area (Å²) in [4.78, 5) is 16.0. The molecule has 24 heavy (non-hydrogen) atoms. The van der Waals surface area contributed by atoms with E-state index in [0.29, 0.717) is 24.0 Å². The quantitative estimate of drug-likeness (QED) is 0.777. The van der Waals surface area contributed by atoms with Crippen molar-refractivity contribution in [2.45, 2.75) is 42.4 Å². The fraction of sp³-hybridized carbons (Fsp3) is 0.471. The molecule has 0 spiro atoms. The van der Waals surface area contributed by atoms with Gasteiger partial charge in [-0.25, -0.2) is 14.1 Å². The summed E-state index contributed by atoms with van der Waals surface area (Å²) in [7, 11) is 0. The van der Waals surface area contributed by atoms with E-state index >= 15 is 0 Å². The van der Waals surface area contributed by atoms with Crippen molar-refractivity contribution in [3.8, 4) is 0 Å². The van der Waals surface area contributed by atoms with Crippen LogP contribution in [0, 0.1) is 5.92 Å². The van der Waals surface area contributed by atoms with Crippen LogP contribution >= 0.6 is 11.8 Å². The van der Waals surface area contributed by atoms with Crippen LogP contribution in [-0.2, 0) is 9.53 Å². The van der Waals surface area contributed by atoms with E-state index in [1.807, 2.05) is 30.3 Å². The van der Waals surface area contributed by atoms with Gasteiger partial charge in [0.1, 0.15) is 0 Å². The number of nitrogens with zero attached hydrogens (tertiary/aromatic N) is 3. The number of rotatable bonds is 5. The van der Waals surface area contributed by atoms with Crippen LogP contribution in [0.2, 0.25) is 0 Å². The molecule has 2 aromatic rings. The van der Waals surface area contributed by atoms with Crippen LogP contribution in [0.5, 0.6) is 0 Å². The first-order valence-corrected chi connectivity index (χ1v) is 9.04. The lowest BCUT2D eigenvalue weighted by atomic mass is 10.0. The number of alkyl halides is 1. The third kappa shape index (κ3) is 2.81. The summed E-state index contributed by atoms with van der Waals surface area (Å²) >= 11 is 1.44. The zero-order valence-electron chi connectivity index (χ0n) is 13.3. The van der Waals surface area contributed by atoms with E-state index in [9.17, 15) is 9.18 Å². The number of carbonyl (C=O) groups is 1. The molecule has 1 fully saturated rings. The predicted molar refractivity (Wildman–Crippen MR) is 87.5 cm³/mol. The third-order valence-electron chi connectivity index (χ3n) is 4.41. The number of thioether (sulfide) groups is 1. The monoisotopic (exact) mass is 347 g/mol. The van der Waals surface area contributed by atoms with Crippen LogP contribution in [0.3, 0.4) is 0 Å². The van der Waals surface area contributed by atoms with Crippen LogP contribution in [0.15, 0.2) is 35.5 Å². The maximum absolute atomic E-state index is 14.3. The van der Waals surface area contributed by atoms with Crippen LogP contribution in [0.1, 0.15) is 43.4 Å². The Bertz CT molecular complexity index is 752. The number of hydrogen-bond donors (Lipinski definition) is 0. The highest BCUT2D eigenvalue weighted by Crippen LogP contribution is 2.46. The minimum atomic E-state index is -1.10. The summed E-state index contributed by atoms with van der Waals surface area (Å²) in [6.07, 6.45) is 0.0466. The molecule has 2 aliphatic rings. The van der Waals surface area contributed by atoms with Crippen molar-refractivity contribution in [1.82, 2.24) is 14.8 Å². The highest BCUT2D eigenvalue weighted by atomic mass is 32.2. The Labute approximate surface area is 143 Å². The Morgan fingerprint density at radius 1 is 1.38 bits per heavy atom. The van der Waals surface area contributed by atoms with Crippen molar-refractivity contribution in [2.75, 3.05) is 6.61 Å². The Morgan fingerprint density at radius 3 is 2.92 bits per heavy atom. The van der Waals surface area contributed by atoms with Gasteiger partial charge in [0, 0.05) is 11.7 Å². The lowest BCUT2D eigenvalue weighted by Crippen LogP contribution is -2.08. The van der Waals surface area contributed by atoms with Gasteiger partial charge in [-0.2, -0.15) is 0 Å². The van der Waals surface area contributed by atoms with E-state index in [-0.39, 0.29) is 23.2 Å². The van der Waals surface area contributed by atoms with Crippen molar-refractivity contribution in [3.63, 3.8) is 0 Å². The van der Waals surface area contributed by atoms with Crippen molar-refractivity contribution in [1.29, 1.82) is 0 Å². The highest BCUT2D eigenvalue weighted by Gasteiger charge is 2.46. The molecule has 1 aliphatic heterocycles. The molecule has 0 unspecified atom stereocenters. The number of hydrogen-bond acceptors (Lipinski definition) is 5. The van der Waals surface area contributed by atoms with Crippen molar-refractivity contribution < 1.29 is 13.9 Å². The normalized spacial score (nSPS) is 27.8. The van der Waals surface area contributed by atoms with Gasteiger partial charge in [-0.3, -0.25) is 4.79 Å². The van der Waals surface area contributed by atoms with Gasteiger partial charge in [-0.15, -0.1) is 5.10 Å². The standard InChI is InChI=1S/C17H18FN3O2S/c1-2-23-16(22)11-8-14(11)24-17-19-15-12(18)9-13(21(15)20-17)10-6-4-3-5-7-10/h3-7,11-14H,2,8-9H2,1H3/t11-,12+,13+,14+/m1/s1. The van der Waals surface area contributed by atoms with Crippen LogP contribution in [-0.4, -0.2) is 32.6 Å². The molecule has 1 aromatic heterocycles. The summed E-state index contributed by atoms with van der Waals surface area (Å²) in [6.45, 7) is 2.20. The third-order valence-corrected chi connectivity index (χ3v) is 5.61. The number of aromatic nitrogens is 3. The zero-order valence-corrected chi connectivity index (χ0v) is 14.1. The summed E-state index contributed by atoms with van der Waals surface area (Å²) in [5.41, 5.74) is 1.04. The lowest BCUT2D eigenvalue weighted by molar-refractivity contribution is -0.144. The van der Waals surface area contributed by atoms with Gasteiger partial charge in [-0.05, 0) is 18.9 Å². The Kier molecular flexibility index (Phi) is 4.04. The highest BCUT2D eigenvalue weighted by molar-refractivity contribution is 8.00. The minimum absolute atomic E-state index is 0.0839. The zero-order chi connectivity index (χ0) is 16.7. The summed E-state index contributed by atoms with van der Waals surface area (Å²) in [5.74, 6) is 0.145. The summed E-state index contributed by atoms with van der Waals surface area (Å²) in [5, 5.41) is 5.18. The fourth-order valence-electron chi connectivity index (χ4n) is 3.10. The molecule has 1 saturated carbocycles. The minimum Gasteiger partial charge on any atom is -0.466 e. The first-order chi connectivity index (χ1) is 11.7. The maximum atomic E-state index is 14.3. The number of esters is 1. The summed E-state index contributed by atoms with van der Waals surface area (Å²) < 4.78 is 21.0. The van der Waals surface area contributed by atoms with Gasteiger partial charge in [0.15, 0.2) is 12.0 Å². The molecule has 0 N–H and O–H groups in total. The lowest BCUT2D eigenvalue weighted by Gasteiger charge is -2.11. The van der Waals surface area contributed by atoms with E-state index in [4.69, 9.17) is 4.74 Å². The van der Waals surface area contributed by atoms with E-state index in [2.05, 4.69) is 10.1 Å². The topological polar surface area (TPSA) is 57.0 Å². The largest absolute Gasteiger partial charge is 0.466 e. The van der Waals surface area contributed by atoms with Crippen molar-refractivity contribution in [3.05, 3.63) is 41.7 Å². The van der Waals surface area contributed by atoms with E-state index in [1.165, 1.54) is 11.8 Å². The van der Waals surface area contributed by atoms with Gasteiger partial charge < -0.3 is 4.74 Å². The second-order valence-electron chi connectivity index (χ2n) is 6.08. The molecular formula is C17H18FN3O2S.